The first-order chi connectivity index (χ1) is 12.1. The van der Waals surface area contributed by atoms with Crippen LogP contribution in [0.2, 0.25) is 0 Å². The number of thiol groups is 1. The standard InChI is InChI=1S/C17H14N2O5S/c20-16(24-12-13-5-2-1-3-6-13)7-4-10-18-17(21)14-8-9-15(19-11-14)25(22)23/h1-3,5-6,8-9,11,25H,10,12H2,(H,18,21). The molecule has 0 spiro atoms. The van der Waals surface area contributed by atoms with Gasteiger partial charge in [-0.2, -0.15) is 0 Å². The topological polar surface area (TPSA) is 102 Å². The summed E-state index contributed by atoms with van der Waals surface area (Å²) in [6.07, 6.45) is 1.15. The van der Waals surface area contributed by atoms with E-state index in [9.17, 15) is 18.0 Å². The second-order valence-corrected chi connectivity index (χ2v) is 5.68. The molecule has 1 heterocycles. The molecular weight excluding hydrogens is 344 g/mol. The normalized spacial score (nSPS) is 9.80. The molecule has 0 radical (unpaired) electrons. The lowest BCUT2D eigenvalue weighted by atomic mass is 10.2. The first-order valence-corrected chi connectivity index (χ1v) is 8.32. The van der Waals surface area contributed by atoms with Crippen molar-refractivity contribution < 1.29 is 22.7 Å². The van der Waals surface area contributed by atoms with Gasteiger partial charge in [-0.15, -0.1) is 0 Å². The summed E-state index contributed by atoms with van der Waals surface area (Å²) in [5.41, 5.74) is 1.04. The van der Waals surface area contributed by atoms with Crippen molar-refractivity contribution in [2.45, 2.75) is 11.6 Å². The molecule has 1 aromatic heterocycles. The second kappa shape index (κ2) is 9.20. The highest BCUT2D eigenvalue weighted by atomic mass is 32.2. The molecule has 128 valence electrons. The van der Waals surface area contributed by atoms with Crippen LogP contribution in [0.1, 0.15) is 15.9 Å². The van der Waals surface area contributed by atoms with Crippen LogP contribution in [-0.2, 0) is 26.8 Å². The summed E-state index contributed by atoms with van der Waals surface area (Å²) in [7, 11) is -2.79. The largest absolute Gasteiger partial charge is 0.451 e. The lowest BCUT2D eigenvalue weighted by Crippen LogP contribution is -2.23. The minimum Gasteiger partial charge on any atom is -0.451 e. The SMILES string of the molecule is O=C(C#CCNC(=O)c1ccc([SH](=O)=O)nc1)OCc1ccccc1. The zero-order chi connectivity index (χ0) is 18.1. The molecule has 2 rings (SSSR count). The van der Waals surface area contributed by atoms with E-state index in [1.807, 2.05) is 30.3 Å². The molecular formula is C17H14N2O5S. The number of hydrogen-bond donors (Lipinski definition) is 2. The van der Waals surface area contributed by atoms with Crippen molar-refractivity contribution in [3.8, 4) is 11.8 Å². The molecule has 0 aliphatic carbocycles. The second-order valence-electron chi connectivity index (χ2n) is 4.71. The van der Waals surface area contributed by atoms with Gasteiger partial charge in [0.25, 0.3) is 5.91 Å². The van der Waals surface area contributed by atoms with Gasteiger partial charge in [-0.05, 0) is 17.7 Å². The Bertz CT molecular complexity index is 873. The Hall–Kier alpha value is -3.18. The summed E-state index contributed by atoms with van der Waals surface area (Å²) in [5.74, 6) is 3.57. The maximum Gasteiger partial charge on any atom is 0.384 e. The van der Waals surface area contributed by atoms with Crippen LogP contribution in [0, 0.1) is 11.8 Å². The van der Waals surface area contributed by atoms with E-state index < -0.39 is 22.6 Å². The summed E-state index contributed by atoms with van der Waals surface area (Å²) in [5, 5.41) is 2.35. The first kappa shape index (κ1) is 18.2. The van der Waals surface area contributed by atoms with Crippen LogP contribution in [0.25, 0.3) is 0 Å². The molecule has 8 heteroatoms. The van der Waals surface area contributed by atoms with Gasteiger partial charge in [0, 0.05) is 12.1 Å². The number of carbonyl (C=O) groups is 2. The smallest absolute Gasteiger partial charge is 0.384 e. The average molecular weight is 358 g/mol. The number of esters is 1. The molecule has 0 fully saturated rings. The first-order valence-electron chi connectivity index (χ1n) is 7.14. The Balaban J connectivity index is 1.77. The molecule has 0 unspecified atom stereocenters. The Kier molecular flexibility index (Phi) is 6.68. The number of carbonyl (C=O) groups excluding carboxylic acids is 2. The number of aromatic nitrogens is 1. The van der Waals surface area contributed by atoms with Gasteiger partial charge in [-0.25, -0.2) is 18.2 Å². The molecule has 0 bridgehead atoms. The molecule has 2 aromatic rings. The molecule has 0 aliphatic heterocycles. The number of hydrogen-bond acceptors (Lipinski definition) is 6. The van der Waals surface area contributed by atoms with E-state index in [0.29, 0.717) is 0 Å². The summed E-state index contributed by atoms with van der Waals surface area (Å²) >= 11 is 0. The fraction of sp³-hybridized carbons (Fsp3) is 0.118. The monoisotopic (exact) mass is 358 g/mol. The van der Waals surface area contributed by atoms with E-state index in [-0.39, 0.29) is 23.7 Å². The maximum atomic E-state index is 11.8. The van der Waals surface area contributed by atoms with E-state index in [1.54, 1.807) is 0 Å². The fourth-order valence-electron chi connectivity index (χ4n) is 1.73. The number of benzene rings is 1. The third-order valence-corrected chi connectivity index (χ3v) is 3.58. The van der Waals surface area contributed by atoms with Gasteiger partial charge in [0.1, 0.15) is 6.61 Å². The summed E-state index contributed by atoms with van der Waals surface area (Å²) < 4.78 is 26.4. The predicted molar refractivity (Wildman–Crippen MR) is 89.2 cm³/mol. The van der Waals surface area contributed by atoms with Crippen LogP contribution in [-0.4, -0.2) is 31.8 Å². The van der Waals surface area contributed by atoms with Crippen LogP contribution >= 0.6 is 0 Å². The molecule has 0 saturated carbocycles. The van der Waals surface area contributed by atoms with Crippen LogP contribution < -0.4 is 5.32 Å². The Labute approximate surface area is 146 Å². The predicted octanol–water partition coefficient (Wildman–Crippen LogP) is 0.528. The Morgan fingerprint density at radius 2 is 1.88 bits per heavy atom. The fourth-order valence-corrected chi connectivity index (χ4v) is 2.08. The molecule has 1 amide bonds. The van der Waals surface area contributed by atoms with Crippen molar-refractivity contribution in [2.24, 2.45) is 0 Å². The van der Waals surface area contributed by atoms with Crippen molar-refractivity contribution >= 4 is 22.6 Å². The average Bonchev–Trinajstić information content (AvgIpc) is 2.64. The van der Waals surface area contributed by atoms with Crippen LogP contribution in [0.4, 0.5) is 0 Å². The lowest BCUT2D eigenvalue weighted by molar-refractivity contribution is -0.137. The van der Waals surface area contributed by atoms with Gasteiger partial charge in [0.05, 0.1) is 12.1 Å². The highest BCUT2D eigenvalue weighted by molar-refractivity contribution is 7.72. The number of nitrogens with one attached hydrogen (secondary N) is 1. The molecule has 1 aromatic carbocycles. The van der Waals surface area contributed by atoms with Crippen molar-refractivity contribution in [1.82, 2.24) is 10.3 Å². The Morgan fingerprint density at radius 1 is 1.12 bits per heavy atom. The van der Waals surface area contributed by atoms with E-state index in [4.69, 9.17) is 4.74 Å². The maximum absolute atomic E-state index is 11.8. The summed E-state index contributed by atoms with van der Waals surface area (Å²) in [6.45, 7) is 0.0670. The third kappa shape index (κ3) is 6.08. The summed E-state index contributed by atoms with van der Waals surface area (Å²) in [4.78, 5) is 26.9. The molecule has 0 aliphatic rings. The molecule has 25 heavy (non-hydrogen) atoms. The van der Waals surface area contributed by atoms with Crippen molar-refractivity contribution in [2.75, 3.05) is 6.54 Å². The van der Waals surface area contributed by atoms with E-state index in [2.05, 4.69) is 22.1 Å². The minimum atomic E-state index is -2.79. The molecule has 1 N–H and O–H groups in total. The van der Waals surface area contributed by atoms with E-state index in [1.165, 1.54) is 12.1 Å². The number of rotatable bonds is 5. The highest BCUT2D eigenvalue weighted by Crippen LogP contribution is 2.01. The third-order valence-electron chi connectivity index (χ3n) is 2.94. The molecule has 0 atom stereocenters. The van der Waals surface area contributed by atoms with Gasteiger partial charge in [0.2, 0.25) is 0 Å². The van der Waals surface area contributed by atoms with Crippen LogP contribution in [0.15, 0.2) is 53.7 Å². The van der Waals surface area contributed by atoms with Crippen LogP contribution in [0.3, 0.4) is 0 Å². The lowest BCUT2D eigenvalue weighted by Gasteiger charge is -2.01. The quantitative estimate of drug-likeness (QED) is 0.350. The van der Waals surface area contributed by atoms with Crippen molar-refractivity contribution in [3.63, 3.8) is 0 Å². The molecule has 7 nitrogen and oxygen atoms in total. The number of ether oxygens (including phenoxy) is 1. The number of amides is 1. The van der Waals surface area contributed by atoms with Crippen molar-refractivity contribution in [3.05, 3.63) is 59.8 Å². The van der Waals surface area contributed by atoms with Crippen molar-refractivity contribution in [1.29, 1.82) is 0 Å². The number of nitrogens with zero attached hydrogens (tertiary/aromatic N) is 1. The zero-order valence-corrected chi connectivity index (χ0v) is 13.9. The minimum absolute atomic E-state index is 0.0587. The van der Waals surface area contributed by atoms with E-state index in [0.717, 1.165) is 11.8 Å². The number of pyridine rings is 1. The highest BCUT2D eigenvalue weighted by Gasteiger charge is 2.05. The van der Waals surface area contributed by atoms with Gasteiger partial charge in [-0.1, -0.05) is 36.3 Å². The van der Waals surface area contributed by atoms with E-state index >= 15 is 0 Å². The zero-order valence-electron chi connectivity index (χ0n) is 13.0. The van der Waals surface area contributed by atoms with Gasteiger partial charge < -0.3 is 10.1 Å². The van der Waals surface area contributed by atoms with Gasteiger partial charge >= 0.3 is 5.97 Å². The molecule has 0 saturated heterocycles. The van der Waals surface area contributed by atoms with Gasteiger partial charge in [-0.3, -0.25) is 4.79 Å². The van der Waals surface area contributed by atoms with Crippen LogP contribution in [0.5, 0.6) is 0 Å². The summed E-state index contributed by atoms with van der Waals surface area (Å²) in [6, 6.07) is 11.7. The Morgan fingerprint density at radius 3 is 2.52 bits per heavy atom. The van der Waals surface area contributed by atoms with Gasteiger partial charge in [0.15, 0.2) is 15.7 Å².